The summed E-state index contributed by atoms with van der Waals surface area (Å²) in [7, 11) is -3.54. The zero-order valence-electron chi connectivity index (χ0n) is 15.1. The van der Waals surface area contributed by atoms with Crippen molar-refractivity contribution in [1.29, 1.82) is 0 Å². The van der Waals surface area contributed by atoms with Crippen molar-refractivity contribution >= 4 is 15.9 Å². The van der Waals surface area contributed by atoms with Gasteiger partial charge in [0.15, 0.2) is 0 Å². The third-order valence-corrected chi connectivity index (χ3v) is 6.73. The normalized spacial score (nSPS) is 18.0. The molecule has 0 radical (unpaired) electrons. The molecule has 1 saturated heterocycles. The molecule has 0 spiro atoms. The molecule has 2 aromatic carbocycles. The highest BCUT2D eigenvalue weighted by Crippen LogP contribution is 2.26. The maximum Gasteiger partial charge on any atom is 0.251 e. The lowest BCUT2D eigenvalue weighted by Gasteiger charge is -2.24. The monoisotopic (exact) mass is 372 g/mol. The molecule has 26 heavy (non-hydrogen) atoms. The van der Waals surface area contributed by atoms with Crippen LogP contribution in [0.1, 0.15) is 34.3 Å². The summed E-state index contributed by atoms with van der Waals surface area (Å²) in [4.78, 5) is 12.6. The first-order valence-corrected chi connectivity index (χ1v) is 10.3. The molecule has 138 valence electrons. The van der Waals surface area contributed by atoms with Gasteiger partial charge in [-0.15, -0.1) is 0 Å². The molecule has 2 aromatic rings. The van der Waals surface area contributed by atoms with Crippen LogP contribution < -0.4 is 5.32 Å². The fraction of sp³-hybridized carbons (Fsp3) is 0.350. The lowest BCUT2D eigenvalue weighted by atomic mass is 10.1. The predicted octanol–water partition coefficient (Wildman–Crippen LogP) is 2.89. The highest BCUT2D eigenvalue weighted by atomic mass is 32.2. The number of hydrogen-bond acceptors (Lipinski definition) is 3. The van der Waals surface area contributed by atoms with E-state index in [2.05, 4.69) is 5.32 Å². The van der Waals surface area contributed by atoms with Crippen molar-refractivity contribution in [1.82, 2.24) is 9.62 Å². The third kappa shape index (κ3) is 3.97. The van der Waals surface area contributed by atoms with E-state index >= 15 is 0 Å². The van der Waals surface area contributed by atoms with Crippen molar-refractivity contribution in [2.24, 2.45) is 0 Å². The van der Waals surface area contributed by atoms with Gasteiger partial charge in [0.2, 0.25) is 10.0 Å². The molecule has 0 aliphatic carbocycles. The standard InChI is InChI=1S/C20H24N2O3S/c1-15-5-9-17(10-6-15)20(23)21-14-18-4-3-13-22(18)26(24,25)19-11-7-16(2)8-12-19/h5-12,18H,3-4,13-14H2,1-2H3,(H,21,23)/t18-/m1/s1. The molecule has 6 heteroatoms. The Morgan fingerprint density at radius 3 is 2.23 bits per heavy atom. The molecular weight excluding hydrogens is 348 g/mol. The molecule has 5 nitrogen and oxygen atoms in total. The van der Waals surface area contributed by atoms with Gasteiger partial charge in [-0.1, -0.05) is 35.4 Å². The molecule has 3 rings (SSSR count). The quantitative estimate of drug-likeness (QED) is 0.878. The summed E-state index contributed by atoms with van der Waals surface area (Å²) in [6.45, 7) is 4.70. The summed E-state index contributed by atoms with van der Waals surface area (Å²) >= 11 is 0. The van der Waals surface area contributed by atoms with Crippen molar-refractivity contribution < 1.29 is 13.2 Å². The number of carbonyl (C=O) groups excluding carboxylic acids is 1. The van der Waals surface area contributed by atoms with E-state index in [1.165, 1.54) is 4.31 Å². The van der Waals surface area contributed by atoms with Crippen LogP contribution in [0.3, 0.4) is 0 Å². The minimum Gasteiger partial charge on any atom is -0.350 e. The lowest BCUT2D eigenvalue weighted by Crippen LogP contribution is -2.43. The van der Waals surface area contributed by atoms with Crippen molar-refractivity contribution in [3.8, 4) is 0 Å². The third-order valence-electron chi connectivity index (χ3n) is 4.76. The molecule has 1 N–H and O–H groups in total. The molecule has 0 saturated carbocycles. The molecule has 1 aliphatic heterocycles. The molecule has 1 amide bonds. The van der Waals surface area contributed by atoms with Crippen LogP contribution in [0, 0.1) is 13.8 Å². The average Bonchev–Trinajstić information content (AvgIpc) is 3.10. The van der Waals surface area contributed by atoms with Gasteiger partial charge in [0.25, 0.3) is 5.91 Å². The van der Waals surface area contributed by atoms with Gasteiger partial charge < -0.3 is 5.32 Å². The Hall–Kier alpha value is -2.18. The summed E-state index contributed by atoms with van der Waals surface area (Å²) in [5.41, 5.74) is 2.70. The smallest absolute Gasteiger partial charge is 0.251 e. The number of carbonyl (C=O) groups is 1. The summed E-state index contributed by atoms with van der Waals surface area (Å²) < 4.78 is 27.4. The topological polar surface area (TPSA) is 66.5 Å². The Morgan fingerprint density at radius 1 is 1.04 bits per heavy atom. The van der Waals surface area contributed by atoms with E-state index in [1.54, 1.807) is 36.4 Å². The van der Waals surface area contributed by atoms with Crippen molar-refractivity contribution in [3.05, 3.63) is 65.2 Å². The second-order valence-corrected chi connectivity index (χ2v) is 8.69. The number of aryl methyl sites for hydroxylation is 2. The van der Waals surface area contributed by atoms with Crippen molar-refractivity contribution in [2.75, 3.05) is 13.1 Å². The summed E-state index contributed by atoms with van der Waals surface area (Å²) in [6, 6.07) is 14.0. The predicted molar refractivity (Wildman–Crippen MR) is 102 cm³/mol. The molecular formula is C20H24N2O3S. The first-order valence-electron chi connectivity index (χ1n) is 8.81. The number of nitrogens with one attached hydrogen (secondary N) is 1. The Labute approximate surface area is 155 Å². The van der Waals surface area contributed by atoms with Gasteiger partial charge in [0, 0.05) is 24.7 Å². The molecule has 1 heterocycles. The van der Waals surface area contributed by atoms with Crippen LogP contribution >= 0.6 is 0 Å². The van der Waals surface area contributed by atoms with Crippen LogP contribution in [0.2, 0.25) is 0 Å². The number of hydrogen-bond donors (Lipinski definition) is 1. The fourth-order valence-corrected chi connectivity index (χ4v) is 4.89. The van der Waals surface area contributed by atoms with Crippen LogP contribution in [0.5, 0.6) is 0 Å². The molecule has 0 bridgehead atoms. The highest BCUT2D eigenvalue weighted by molar-refractivity contribution is 7.89. The minimum atomic E-state index is -3.54. The number of rotatable bonds is 5. The van der Waals surface area contributed by atoms with Gasteiger partial charge in [0.1, 0.15) is 0 Å². The maximum atomic E-state index is 12.9. The van der Waals surface area contributed by atoms with Crippen molar-refractivity contribution in [3.63, 3.8) is 0 Å². The second-order valence-electron chi connectivity index (χ2n) is 6.80. The largest absolute Gasteiger partial charge is 0.350 e. The fourth-order valence-electron chi connectivity index (χ4n) is 3.19. The number of benzene rings is 2. The van der Waals surface area contributed by atoms with E-state index in [-0.39, 0.29) is 11.9 Å². The highest BCUT2D eigenvalue weighted by Gasteiger charge is 2.35. The van der Waals surface area contributed by atoms with Crippen LogP contribution in [0.25, 0.3) is 0 Å². The van der Waals surface area contributed by atoms with Crippen molar-refractivity contribution in [2.45, 2.75) is 37.6 Å². The number of sulfonamides is 1. The molecule has 1 atom stereocenters. The Kier molecular flexibility index (Phi) is 5.44. The van der Waals surface area contributed by atoms with Crippen LogP contribution in [-0.2, 0) is 10.0 Å². The van der Waals surface area contributed by atoms with E-state index in [0.717, 1.165) is 24.0 Å². The molecule has 1 fully saturated rings. The zero-order valence-corrected chi connectivity index (χ0v) is 15.9. The molecule has 0 unspecified atom stereocenters. The SMILES string of the molecule is Cc1ccc(C(=O)NC[C@H]2CCCN2S(=O)(=O)c2ccc(C)cc2)cc1. The summed E-state index contributed by atoms with van der Waals surface area (Å²) in [5.74, 6) is -0.176. The maximum absolute atomic E-state index is 12.9. The van der Waals surface area contributed by atoms with E-state index in [0.29, 0.717) is 23.5 Å². The van der Waals surface area contributed by atoms with Crippen LogP contribution in [0.4, 0.5) is 0 Å². The van der Waals surface area contributed by atoms with Gasteiger partial charge >= 0.3 is 0 Å². The Bertz CT molecular complexity index is 874. The summed E-state index contributed by atoms with van der Waals surface area (Å²) in [5, 5.41) is 2.88. The first kappa shape index (κ1) is 18.6. The van der Waals surface area contributed by atoms with E-state index in [4.69, 9.17) is 0 Å². The minimum absolute atomic E-state index is 0.176. The average molecular weight is 372 g/mol. The molecule has 1 aliphatic rings. The van der Waals surface area contributed by atoms with Crippen LogP contribution in [-0.4, -0.2) is 37.8 Å². The number of nitrogens with zero attached hydrogens (tertiary/aromatic N) is 1. The van der Waals surface area contributed by atoms with Gasteiger partial charge in [-0.2, -0.15) is 4.31 Å². The Morgan fingerprint density at radius 2 is 1.62 bits per heavy atom. The first-order chi connectivity index (χ1) is 12.4. The second kappa shape index (κ2) is 7.60. The zero-order chi connectivity index (χ0) is 18.7. The van der Waals surface area contributed by atoms with E-state index < -0.39 is 10.0 Å². The van der Waals surface area contributed by atoms with E-state index in [1.807, 2.05) is 26.0 Å². The van der Waals surface area contributed by atoms with Gasteiger partial charge in [-0.05, 0) is 51.0 Å². The van der Waals surface area contributed by atoms with Gasteiger partial charge in [-0.25, -0.2) is 8.42 Å². The van der Waals surface area contributed by atoms with Crippen LogP contribution in [0.15, 0.2) is 53.4 Å². The molecule has 0 aromatic heterocycles. The summed E-state index contributed by atoms with van der Waals surface area (Å²) in [6.07, 6.45) is 1.55. The Balaban J connectivity index is 1.69. The lowest BCUT2D eigenvalue weighted by molar-refractivity contribution is 0.0946. The van der Waals surface area contributed by atoms with E-state index in [9.17, 15) is 13.2 Å². The van der Waals surface area contributed by atoms with Gasteiger partial charge in [0.05, 0.1) is 4.90 Å². The number of amides is 1. The van der Waals surface area contributed by atoms with Gasteiger partial charge in [-0.3, -0.25) is 4.79 Å².